The van der Waals surface area contributed by atoms with Crippen molar-refractivity contribution in [2.24, 2.45) is 11.3 Å². The van der Waals surface area contributed by atoms with Gasteiger partial charge in [-0.2, -0.15) is 0 Å². The number of rotatable bonds is 8. The van der Waals surface area contributed by atoms with Crippen LogP contribution in [0, 0.1) is 11.3 Å². The van der Waals surface area contributed by atoms with Gasteiger partial charge in [-0.05, 0) is 17.9 Å². The Balaban J connectivity index is 2.04. The SMILES string of the molecule is COCC1(C(=O)O)CCN(C(=O)C(SCc2ccccc2)C(C)C)C1. The molecule has 1 fully saturated rings. The molecule has 1 aliphatic heterocycles. The lowest BCUT2D eigenvalue weighted by molar-refractivity contribution is -0.151. The standard InChI is InChI=1S/C19H27NO4S/c1-14(2)16(25-11-15-7-5-4-6-8-15)17(21)20-10-9-19(12-20,13-24-3)18(22)23/h4-8,14,16H,9-13H2,1-3H3,(H,22,23). The van der Waals surface area contributed by atoms with Crippen molar-refractivity contribution >= 4 is 23.6 Å². The maximum absolute atomic E-state index is 13.0. The van der Waals surface area contributed by atoms with E-state index in [9.17, 15) is 14.7 Å². The minimum absolute atomic E-state index is 0.0372. The van der Waals surface area contributed by atoms with Gasteiger partial charge in [0.25, 0.3) is 0 Å². The third kappa shape index (κ3) is 4.76. The van der Waals surface area contributed by atoms with E-state index in [0.29, 0.717) is 13.0 Å². The van der Waals surface area contributed by atoms with Crippen LogP contribution in [0.1, 0.15) is 25.8 Å². The lowest BCUT2D eigenvalue weighted by atomic mass is 9.88. The maximum Gasteiger partial charge on any atom is 0.313 e. The molecule has 138 valence electrons. The molecule has 2 unspecified atom stereocenters. The molecule has 0 aliphatic carbocycles. The van der Waals surface area contributed by atoms with E-state index >= 15 is 0 Å². The molecule has 1 aromatic carbocycles. The molecule has 6 heteroatoms. The average molecular weight is 365 g/mol. The quantitative estimate of drug-likeness (QED) is 0.767. The minimum atomic E-state index is -0.976. The predicted molar refractivity (Wildman–Crippen MR) is 99.5 cm³/mol. The van der Waals surface area contributed by atoms with E-state index in [-0.39, 0.29) is 30.2 Å². The van der Waals surface area contributed by atoms with Gasteiger partial charge in [-0.15, -0.1) is 11.8 Å². The van der Waals surface area contributed by atoms with Crippen molar-refractivity contribution in [3.8, 4) is 0 Å². The van der Waals surface area contributed by atoms with E-state index in [1.807, 2.05) is 32.0 Å². The molecule has 2 rings (SSSR count). The van der Waals surface area contributed by atoms with Gasteiger partial charge in [-0.3, -0.25) is 9.59 Å². The second-order valence-corrected chi connectivity index (χ2v) is 8.12. The van der Waals surface area contributed by atoms with Crippen LogP contribution in [0.25, 0.3) is 0 Å². The highest BCUT2D eigenvalue weighted by Gasteiger charge is 2.47. The Bertz CT molecular complexity index is 592. The highest BCUT2D eigenvalue weighted by Crippen LogP contribution is 2.34. The zero-order chi connectivity index (χ0) is 18.4. The fourth-order valence-electron chi connectivity index (χ4n) is 3.18. The smallest absolute Gasteiger partial charge is 0.313 e. The zero-order valence-corrected chi connectivity index (χ0v) is 15.9. The van der Waals surface area contributed by atoms with Crippen LogP contribution in [0.2, 0.25) is 0 Å². The highest BCUT2D eigenvalue weighted by atomic mass is 32.2. The summed E-state index contributed by atoms with van der Waals surface area (Å²) in [7, 11) is 1.50. The van der Waals surface area contributed by atoms with Crippen molar-refractivity contribution in [1.82, 2.24) is 4.90 Å². The molecule has 1 aliphatic rings. The van der Waals surface area contributed by atoms with Gasteiger partial charge < -0.3 is 14.7 Å². The Kier molecular flexibility index (Phi) is 6.90. The van der Waals surface area contributed by atoms with Gasteiger partial charge in [-0.25, -0.2) is 0 Å². The minimum Gasteiger partial charge on any atom is -0.481 e. The number of carbonyl (C=O) groups excluding carboxylic acids is 1. The summed E-state index contributed by atoms with van der Waals surface area (Å²) in [5.74, 6) is 0.104. The van der Waals surface area contributed by atoms with E-state index < -0.39 is 11.4 Å². The Morgan fingerprint density at radius 2 is 2.00 bits per heavy atom. The molecule has 1 amide bonds. The number of carboxylic acid groups (broad SMARTS) is 1. The molecule has 0 radical (unpaired) electrons. The summed E-state index contributed by atoms with van der Waals surface area (Å²) < 4.78 is 5.11. The fraction of sp³-hybridized carbons (Fsp3) is 0.579. The molecule has 2 atom stereocenters. The molecule has 0 spiro atoms. The zero-order valence-electron chi connectivity index (χ0n) is 15.1. The molecule has 1 aromatic rings. The average Bonchev–Trinajstić information content (AvgIpc) is 3.01. The van der Waals surface area contributed by atoms with E-state index in [4.69, 9.17) is 4.74 Å². The number of hydrogen-bond acceptors (Lipinski definition) is 4. The number of ether oxygens (including phenoxy) is 1. The van der Waals surface area contributed by atoms with Gasteiger partial charge in [0, 0.05) is 26.0 Å². The van der Waals surface area contributed by atoms with Crippen molar-refractivity contribution < 1.29 is 19.4 Å². The molecule has 1 heterocycles. The largest absolute Gasteiger partial charge is 0.481 e. The van der Waals surface area contributed by atoms with Crippen LogP contribution in [0.5, 0.6) is 0 Å². The van der Waals surface area contributed by atoms with Crippen LogP contribution in [0.3, 0.4) is 0 Å². The van der Waals surface area contributed by atoms with E-state index in [1.165, 1.54) is 12.7 Å². The Hall–Kier alpha value is -1.53. The van der Waals surface area contributed by atoms with Crippen molar-refractivity contribution in [1.29, 1.82) is 0 Å². The first-order valence-corrected chi connectivity index (χ1v) is 9.61. The Morgan fingerprint density at radius 1 is 1.32 bits per heavy atom. The molecule has 0 bridgehead atoms. The number of amides is 1. The molecule has 5 nitrogen and oxygen atoms in total. The lowest BCUT2D eigenvalue weighted by Gasteiger charge is -2.28. The Morgan fingerprint density at radius 3 is 2.56 bits per heavy atom. The van der Waals surface area contributed by atoms with Crippen LogP contribution in [0.15, 0.2) is 30.3 Å². The van der Waals surface area contributed by atoms with Gasteiger partial charge in [0.1, 0.15) is 5.41 Å². The van der Waals surface area contributed by atoms with Gasteiger partial charge in [0.05, 0.1) is 11.9 Å². The predicted octanol–water partition coefficient (Wildman–Crippen LogP) is 2.89. The molecule has 0 saturated carbocycles. The third-order valence-electron chi connectivity index (χ3n) is 4.66. The van der Waals surface area contributed by atoms with E-state index in [1.54, 1.807) is 16.7 Å². The summed E-state index contributed by atoms with van der Waals surface area (Å²) in [6.45, 7) is 4.91. The summed E-state index contributed by atoms with van der Waals surface area (Å²) in [5, 5.41) is 9.40. The van der Waals surface area contributed by atoms with Crippen molar-refractivity contribution in [3.05, 3.63) is 35.9 Å². The number of thioether (sulfide) groups is 1. The number of nitrogens with zero attached hydrogens (tertiary/aromatic N) is 1. The number of carboxylic acids is 1. The molecule has 0 aromatic heterocycles. The van der Waals surface area contributed by atoms with Gasteiger partial charge in [0.15, 0.2) is 0 Å². The molecular weight excluding hydrogens is 338 g/mol. The van der Waals surface area contributed by atoms with Gasteiger partial charge in [-0.1, -0.05) is 44.2 Å². The van der Waals surface area contributed by atoms with Gasteiger partial charge >= 0.3 is 5.97 Å². The first kappa shape index (κ1) is 19.8. The van der Waals surface area contributed by atoms with Crippen molar-refractivity contribution in [2.75, 3.05) is 26.8 Å². The number of aliphatic carboxylic acids is 1. The van der Waals surface area contributed by atoms with Crippen LogP contribution >= 0.6 is 11.8 Å². The van der Waals surface area contributed by atoms with Crippen molar-refractivity contribution in [3.63, 3.8) is 0 Å². The molecule has 1 saturated heterocycles. The summed E-state index contributed by atoms with van der Waals surface area (Å²) in [6, 6.07) is 10.1. The molecular formula is C19H27NO4S. The van der Waals surface area contributed by atoms with E-state index in [2.05, 4.69) is 12.1 Å². The van der Waals surface area contributed by atoms with Crippen LogP contribution < -0.4 is 0 Å². The summed E-state index contributed by atoms with van der Waals surface area (Å²) in [4.78, 5) is 26.4. The van der Waals surface area contributed by atoms with E-state index in [0.717, 1.165) is 5.75 Å². The highest BCUT2D eigenvalue weighted by molar-refractivity contribution is 7.99. The first-order valence-electron chi connectivity index (χ1n) is 8.56. The molecule has 1 N–H and O–H groups in total. The topological polar surface area (TPSA) is 66.8 Å². The number of hydrogen-bond donors (Lipinski definition) is 1. The maximum atomic E-state index is 13.0. The number of methoxy groups -OCH3 is 1. The van der Waals surface area contributed by atoms with Crippen LogP contribution in [0.4, 0.5) is 0 Å². The van der Waals surface area contributed by atoms with Gasteiger partial charge in [0.2, 0.25) is 5.91 Å². The third-order valence-corrected chi connectivity index (χ3v) is 6.27. The summed E-state index contributed by atoms with van der Waals surface area (Å²) in [5.41, 5.74) is 0.211. The fourth-order valence-corrected chi connectivity index (χ4v) is 4.42. The lowest BCUT2D eigenvalue weighted by Crippen LogP contribution is -2.43. The second kappa shape index (κ2) is 8.72. The van der Waals surface area contributed by atoms with Crippen molar-refractivity contribution in [2.45, 2.75) is 31.3 Å². The first-order chi connectivity index (χ1) is 11.9. The summed E-state index contributed by atoms with van der Waals surface area (Å²) in [6.07, 6.45) is 0.441. The van der Waals surface area contributed by atoms with Crippen LogP contribution in [-0.2, 0) is 20.1 Å². The number of carbonyl (C=O) groups is 2. The number of likely N-dealkylation sites (tertiary alicyclic amines) is 1. The monoisotopic (exact) mass is 365 g/mol. The molecule has 25 heavy (non-hydrogen) atoms. The summed E-state index contributed by atoms with van der Waals surface area (Å²) >= 11 is 1.63. The second-order valence-electron chi connectivity index (χ2n) is 6.99. The van der Waals surface area contributed by atoms with Crippen LogP contribution in [-0.4, -0.2) is 53.9 Å². The Labute approximate surface area is 153 Å². The normalized spacial score (nSPS) is 21.5. The number of benzene rings is 1.